The van der Waals surface area contributed by atoms with Gasteiger partial charge in [0.05, 0.1) is 0 Å². The predicted octanol–water partition coefficient (Wildman–Crippen LogP) is 4.92. The Balaban J connectivity index is 0.000000449. The molecule has 0 aromatic heterocycles. The molecule has 4 rings (SSSR count). The predicted molar refractivity (Wildman–Crippen MR) is 200 cm³/mol. The third-order valence-corrected chi connectivity index (χ3v) is 9.23. The highest BCUT2D eigenvalue weighted by atomic mass is 32.3. The van der Waals surface area contributed by atoms with E-state index in [9.17, 15) is 39.0 Å². The number of urea groups is 1. The maximum Gasteiger partial charge on any atom is 0.488 e. The van der Waals surface area contributed by atoms with Gasteiger partial charge in [0.15, 0.2) is 0 Å². The number of likely N-dealkylation sites (tertiary alicyclic amines) is 2. The van der Waals surface area contributed by atoms with Gasteiger partial charge in [0.1, 0.15) is 11.5 Å². The van der Waals surface area contributed by atoms with Gasteiger partial charge in [-0.15, -0.1) is 0 Å². The summed E-state index contributed by atoms with van der Waals surface area (Å²) < 4.78 is 73.1. The number of hydrogen-bond donors (Lipinski definition) is 4. The standard InChI is InChI=1S/C17H24FN3O5S.C10H20N2O.C6H6FNO3S.CH4/c1-3-12(2)16(22)21-10-8-14(9-11-21)20-17(23)19-13-4-6-15(7-5-13)26-27(18,24)25;1-3-8(2)10(13)12-6-4-9(11)5-7-12;7-12(9,10)11-6-3-1-5(8)2-4-6;/h4-7,12,14H,3,8-11H2,1-2H3,(H2,19,20,23);8-9H,3-7,11H2,1-2H3;1-4H,8H2;1H4/t12-;8-;;/m00../s1. The molecule has 0 aliphatic carbocycles. The molecule has 0 spiro atoms. The summed E-state index contributed by atoms with van der Waals surface area (Å²) in [7, 11) is -10.0. The number of rotatable bonds is 10. The van der Waals surface area contributed by atoms with Crippen molar-refractivity contribution < 1.29 is 47.4 Å². The number of halogens is 2. The summed E-state index contributed by atoms with van der Waals surface area (Å²) in [6.45, 7) is 10.9. The van der Waals surface area contributed by atoms with Gasteiger partial charge in [0.2, 0.25) is 11.8 Å². The minimum absolute atomic E-state index is 0. The van der Waals surface area contributed by atoms with E-state index in [0.717, 1.165) is 38.8 Å². The van der Waals surface area contributed by atoms with E-state index in [2.05, 4.69) is 25.9 Å². The second-order valence-corrected chi connectivity index (χ2v) is 14.4. The average molecular weight is 793 g/mol. The first-order valence-corrected chi connectivity index (χ1v) is 19.6. The van der Waals surface area contributed by atoms with Gasteiger partial charge in [-0.1, -0.05) is 42.9 Å². The topological polar surface area (TPSA) is 221 Å². The summed E-state index contributed by atoms with van der Waals surface area (Å²) in [4.78, 5) is 39.8. The maximum absolute atomic E-state index is 12.4. The third kappa shape index (κ3) is 18.4. The highest BCUT2D eigenvalue weighted by molar-refractivity contribution is 7.82. The Morgan fingerprint density at radius 1 is 0.755 bits per heavy atom. The molecule has 2 aliphatic heterocycles. The Bertz CT molecular complexity index is 1650. The van der Waals surface area contributed by atoms with Crippen LogP contribution in [0.15, 0.2) is 48.5 Å². The Labute approximate surface area is 312 Å². The second-order valence-electron chi connectivity index (χ2n) is 12.5. The molecule has 2 aromatic rings. The van der Waals surface area contributed by atoms with Crippen LogP contribution >= 0.6 is 0 Å². The number of benzene rings is 2. The number of hydrogen-bond acceptors (Lipinski definition) is 11. The summed E-state index contributed by atoms with van der Waals surface area (Å²) in [6.07, 6.45) is 5.01. The fourth-order valence-electron chi connectivity index (χ4n) is 5.04. The zero-order valence-corrected chi connectivity index (χ0v) is 31.4. The molecule has 2 heterocycles. The smallest absolute Gasteiger partial charge is 0.399 e. The van der Waals surface area contributed by atoms with Crippen LogP contribution in [-0.4, -0.2) is 82.7 Å². The Morgan fingerprint density at radius 2 is 1.13 bits per heavy atom. The van der Waals surface area contributed by atoms with E-state index in [1.54, 1.807) is 0 Å². The van der Waals surface area contributed by atoms with E-state index in [-0.39, 0.29) is 42.7 Å². The van der Waals surface area contributed by atoms with Gasteiger partial charge >= 0.3 is 27.0 Å². The minimum atomic E-state index is -5.08. The molecule has 6 N–H and O–H groups in total. The molecule has 15 nitrogen and oxygen atoms in total. The Hall–Kier alpha value is -4.23. The maximum atomic E-state index is 12.4. The number of piperidine rings is 2. The molecule has 300 valence electrons. The SMILES string of the molecule is C.CC[C@H](C)C(=O)N1CCC(N)CC1.CC[C@H](C)C(=O)N1CCC(NC(=O)Nc2ccc(OS(=O)(=O)F)cc2)CC1.Nc1ccc(OS(=O)(=O)F)cc1. The van der Waals surface area contributed by atoms with Crippen molar-refractivity contribution >= 4 is 50.2 Å². The molecule has 19 heteroatoms. The van der Waals surface area contributed by atoms with Crippen LogP contribution in [0.5, 0.6) is 11.5 Å². The number of amides is 4. The summed E-state index contributed by atoms with van der Waals surface area (Å²) >= 11 is 0. The number of nitrogen functional groups attached to an aromatic ring is 1. The first-order valence-electron chi connectivity index (χ1n) is 16.9. The van der Waals surface area contributed by atoms with Crippen LogP contribution in [0.25, 0.3) is 0 Å². The van der Waals surface area contributed by atoms with Crippen LogP contribution in [0.4, 0.5) is 23.9 Å². The van der Waals surface area contributed by atoms with Crippen molar-refractivity contribution in [2.45, 2.75) is 85.7 Å². The third-order valence-electron chi connectivity index (χ3n) is 8.44. The molecular weight excluding hydrogens is 739 g/mol. The number of carbonyl (C=O) groups excluding carboxylic acids is 3. The lowest BCUT2D eigenvalue weighted by atomic mass is 10.0. The molecular formula is C34H54F2N6O9S2. The molecule has 2 atom stereocenters. The van der Waals surface area contributed by atoms with Gasteiger partial charge in [0, 0.05) is 61.5 Å². The molecule has 53 heavy (non-hydrogen) atoms. The molecule has 4 amide bonds. The quantitative estimate of drug-likeness (QED) is 0.187. The van der Waals surface area contributed by atoms with Crippen molar-refractivity contribution in [3.63, 3.8) is 0 Å². The fraction of sp³-hybridized carbons (Fsp3) is 0.559. The molecule has 2 aromatic carbocycles. The van der Waals surface area contributed by atoms with Crippen LogP contribution in [0.1, 0.15) is 73.6 Å². The summed E-state index contributed by atoms with van der Waals surface area (Å²) in [5.74, 6) is 0.340. The lowest BCUT2D eigenvalue weighted by Gasteiger charge is -2.33. The van der Waals surface area contributed by atoms with Crippen molar-refractivity contribution in [3.05, 3.63) is 48.5 Å². The first-order chi connectivity index (χ1) is 24.3. The van der Waals surface area contributed by atoms with Crippen LogP contribution in [0.2, 0.25) is 0 Å². The zero-order chi connectivity index (χ0) is 39.1. The van der Waals surface area contributed by atoms with Gasteiger partial charge in [0.25, 0.3) is 0 Å². The number of anilines is 2. The monoisotopic (exact) mass is 792 g/mol. The summed E-state index contributed by atoms with van der Waals surface area (Å²) in [5.41, 5.74) is 11.9. The number of carbonyl (C=O) groups is 3. The molecule has 0 bridgehead atoms. The van der Waals surface area contributed by atoms with E-state index in [0.29, 0.717) is 49.3 Å². The fourth-order valence-corrected chi connectivity index (χ4v) is 5.72. The Morgan fingerprint density at radius 3 is 1.51 bits per heavy atom. The lowest BCUT2D eigenvalue weighted by molar-refractivity contribution is -0.136. The molecule has 0 radical (unpaired) electrons. The molecule has 2 saturated heterocycles. The van der Waals surface area contributed by atoms with E-state index in [4.69, 9.17) is 11.5 Å². The van der Waals surface area contributed by atoms with Gasteiger partial charge in [-0.2, -0.15) is 16.8 Å². The normalized spacial score (nSPS) is 16.2. The van der Waals surface area contributed by atoms with Gasteiger partial charge < -0.3 is 40.3 Å². The van der Waals surface area contributed by atoms with Crippen LogP contribution < -0.4 is 30.5 Å². The summed E-state index contributed by atoms with van der Waals surface area (Å²) in [6, 6.07) is 10.4. The van der Waals surface area contributed by atoms with E-state index in [1.807, 2.05) is 30.6 Å². The van der Waals surface area contributed by atoms with Crippen LogP contribution in [0.3, 0.4) is 0 Å². The molecule has 2 fully saturated rings. The van der Waals surface area contributed by atoms with Crippen molar-refractivity contribution in [1.29, 1.82) is 0 Å². The largest absolute Gasteiger partial charge is 0.488 e. The molecule has 0 unspecified atom stereocenters. The van der Waals surface area contributed by atoms with Crippen LogP contribution in [0, 0.1) is 11.8 Å². The van der Waals surface area contributed by atoms with Crippen LogP contribution in [-0.2, 0) is 30.6 Å². The van der Waals surface area contributed by atoms with Crippen molar-refractivity contribution in [2.24, 2.45) is 17.6 Å². The molecule has 0 saturated carbocycles. The van der Waals surface area contributed by atoms with E-state index < -0.39 is 27.0 Å². The number of nitrogens with one attached hydrogen (secondary N) is 2. The average Bonchev–Trinajstić information content (AvgIpc) is 3.09. The van der Waals surface area contributed by atoms with Gasteiger partial charge in [-0.3, -0.25) is 9.59 Å². The van der Waals surface area contributed by atoms with E-state index >= 15 is 0 Å². The van der Waals surface area contributed by atoms with Crippen molar-refractivity contribution in [3.8, 4) is 11.5 Å². The van der Waals surface area contributed by atoms with Gasteiger partial charge in [-0.05, 0) is 87.1 Å². The van der Waals surface area contributed by atoms with E-state index in [1.165, 1.54) is 48.5 Å². The Kier molecular flexibility index (Phi) is 19.5. The van der Waals surface area contributed by atoms with Crippen molar-refractivity contribution in [1.82, 2.24) is 15.1 Å². The lowest BCUT2D eigenvalue weighted by Crippen LogP contribution is -2.48. The zero-order valence-electron chi connectivity index (χ0n) is 29.8. The van der Waals surface area contributed by atoms with Crippen molar-refractivity contribution in [2.75, 3.05) is 37.2 Å². The molecule has 2 aliphatic rings. The number of nitrogens with two attached hydrogens (primary N) is 2. The first kappa shape index (κ1) is 46.8. The highest BCUT2D eigenvalue weighted by Crippen LogP contribution is 2.19. The summed E-state index contributed by atoms with van der Waals surface area (Å²) in [5, 5.41) is 5.46. The highest BCUT2D eigenvalue weighted by Gasteiger charge is 2.26. The second kappa shape index (κ2) is 22.1. The minimum Gasteiger partial charge on any atom is -0.399 e. The number of nitrogens with zero attached hydrogens (tertiary/aromatic N) is 2. The van der Waals surface area contributed by atoms with Gasteiger partial charge in [-0.25, -0.2) is 4.79 Å².